The van der Waals surface area contributed by atoms with Gasteiger partial charge >= 0.3 is 0 Å². The molecule has 4 nitrogen and oxygen atoms in total. The van der Waals surface area contributed by atoms with Crippen LogP contribution in [-0.4, -0.2) is 34.9 Å². The van der Waals surface area contributed by atoms with Crippen LogP contribution in [0.2, 0.25) is 0 Å². The standard InChI is InChI=1S/C27H33N3O/c1-20-19-30(15-13-27(20)12-9-22-7-3-4-8-24(22)27)23-10-11-26(2,16-23)25(31)29-18-21-6-5-14-28-17-21/h3-9,12,14,17,20,23H,10-11,13,15-16,18-19H2,1-2H3,(H,29,31). The molecule has 0 radical (unpaired) electrons. The van der Waals surface area contributed by atoms with Gasteiger partial charge in [0.1, 0.15) is 0 Å². The van der Waals surface area contributed by atoms with E-state index in [1.165, 1.54) is 17.5 Å². The number of piperidine rings is 1. The van der Waals surface area contributed by atoms with E-state index in [4.69, 9.17) is 0 Å². The molecule has 0 bridgehead atoms. The monoisotopic (exact) mass is 415 g/mol. The molecule has 4 atom stereocenters. The predicted octanol–water partition coefficient (Wildman–Crippen LogP) is 4.56. The summed E-state index contributed by atoms with van der Waals surface area (Å²) in [4.78, 5) is 19.8. The highest BCUT2D eigenvalue weighted by molar-refractivity contribution is 5.82. The van der Waals surface area contributed by atoms with Crippen molar-refractivity contribution in [1.82, 2.24) is 15.2 Å². The van der Waals surface area contributed by atoms with Gasteiger partial charge in [-0.2, -0.15) is 0 Å². The van der Waals surface area contributed by atoms with E-state index >= 15 is 0 Å². The predicted molar refractivity (Wildman–Crippen MR) is 124 cm³/mol. The second-order valence-corrected chi connectivity index (χ2v) is 10.1. The second-order valence-electron chi connectivity index (χ2n) is 10.1. The Morgan fingerprint density at radius 2 is 2.10 bits per heavy atom. The highest BCUT2D eigenvalue weighted by Gasteiger charge is 2.48. The lowest BCUT2D eigenvalue weighted by molar-refractivity contribution is -0.130. The molecule has 5 rings (SSSR count). The molecule has 2 fully saturated rings. The Hall–Kier alpha value is -2.46. The fourth-order valence-electron chi connectivity index (χ4n) is 6.18. The molecule has 2 aromatic rings. The van der Waals surface area contributed by atoms with Crippen molar-refractivity contribution in [3.8, 4) is 0 Å². The van der Waals surface area contributed by atoms with Gasteiger partial charge in [-0.1, -0.05) is 56.3 Å². The summed E-state index contributed by atoms with van der Waals surface area (Å²) in [6, 6.07) is 13.3. The fourth-order valence-corrected chi connectivity index (χ4v) is 6.18. The SMILES string of the molecule is CC1CN(C2CCC(C)(C(=O)NCc3cccnc3)C2)CCC12C=Cc1ccccc12. The number of amides is 1. The number of fused-ring (bicyclic) bond motifs is 2. The van der Waals surface area contributed by atoms with Gasteiger partial charge in [0, 0.05) is 42.4 Å². The van der Waals surface area contributed by atoms with Crippen LogP contribution in [0, 0.1) is 11.3 Å². The molecule has 3 aliphatic rings. The summed E-state index contributed by atoms with van der Waals surface area (Å²) in [6.45, 7) is 7.34. The van der Waals surface area contributed by atoms with Crippen LogP contribution in [-0.2, 0) is 16.8 Å². The number of allylic oxidation sites excluding steroid dienone is 1. The third-order valence-corrected chi connectivity index (χ3v) is 8.18. The Kier molecular flexibility index (Phi) is 5.21. The highest BCUT2D eigenvalue weighted by Crippen LogP contribution is 2.49. The Balaban J connectivity index is 1.21. The largest absolute Gasteiger partial charge is 0.351 e. The summed E-state index contributed by atoms with van der Waals surface area (Å²) in [6.07, 6.45) is 12.6. The third-order valence-electron chi connectivity index (χ3n) is 8.18. The lowest BCUT2D eigenvalue weighted by Crippen LogP contribution is -2.50. The lowest BCUT2D eigenvalue weighted by Gasteiger charge is -2.46. The third kappa shape index (κ3) is 3.61. The summed E-state index contributed by atoms with van der Waals surface area (Å²) in [5.74, 6) is 0.764. The first-order chi connectivity index (χ1) is 15.0. The summed E-state index contributed by atoms with van der Waals surface area (Å²) < 4.78 is 0. The highest BCUT2D eigenvalue weighted by atomic mass is 16.2. The van der Waals surface area contributed by atoms with Crippen LogP contribution < -0.4 is 5.32 Å². The van der Waals surface area contributed by atoms with E-state index in [2.05, 4.69) is 65.5 Å². The number of aromatic nitrogens is 1. The fraction of sp³-hybridized carbons (Fsp3) is 0.481. The molecule has 162 valence electrons. The molecular weight excluding hydrogens is 382 g/mol. The van der Waals surface area contributed by atoms with Crippen molar-refractivity contribution in [2.75, 3.05) is 13.1 Å². The number of carbonyl (C=O) groups is 1. The van der Waals surface area contributed by atoms with Gasteiger partial charge in [-0.15, -0.1) is 0 Å². The van der Waals surface area contributed by atoms with Crippen molar-refractivity contribution in [2.24, 2.45) is 11.3 Å². The summed E-state index contributed by atoms with van der Waals surface area (Å²) in [5.41, 5.74) is 3.87. The van der Waals surface area contributed by atoms with Gasteiger partial charge in [-0.25, -0.2) is 0 Å². The van der Waals surface area contributed by atoms with Crippen molar-refractivity contribution in [1.29, 1.82) is 0 Å². The zero-order valence-electron chi connectivity index (χ0n) is 18.7. The smallest absolute Gasteiger partial charge is 0.226 e. The number of rotatable bonds is 4. The maximum atomic E-state index is 13.0. The van der Waals surface area contributed by atoms with E-state index in [1.54, 1.807) is 6.20 Å². The number of nitrogens with one attached hydrogen (secondary N) is 1. The maximum Gasteiger partial charge on any atom is 0.226 e. The second kappa shape index (κ2) is 7.90. The topological polar surface area (TPSA) is 45.2 Å². The van der Waals surface area contributed by atoms with Gasteiger partial charge < -0.3 is 5.32 Å². The maximum absolute atomic E-state index is 13.0. The molecule has 2 aliphatic carbocycles. The minimum Gasteiger partial charge on any atom is -0.351 e. The van der Waals surface area contributed by atoms with Gasteiger partial charge in [-0.05, 0) is 60.9 Å². The molecule has 4 heteroatoms. The average Bonchev–Trinajstić information content (AvgIpc) is 3.38. The van der Waals surface area contributed by atoms with E-state index < -0.39 is 0 Å². The van der Waals surface area contributed by atoms with Crippen LogP contribution in [0.1, 0.15) is 56.2 Å². The van der Waals surface area contributed by atoms with Crippen LogP contribution >= 0.6 is 0 Å². The number of pyridine rings is 1. The van der Waals surface area contributed by atoms with E-state index in [9.17, 15) is 4.79 Å². The van der Waals surface area contributed by atoms with Crippen molar-refractivity contribution < 1.29 is 4.79 Å². The van der Waals surface area contributed by atoms with Crippen molar-refractivity contribution in [3.05, 3.63) is 71.6 Å². The van der Waals surface area contributed by atoms with Gasteiger partial charge in [0.05, 0.1) is 0 Å². The Morgan fingerprint density at radius 1 is 1.23 bits per heavy atom. The van der Waals surface area contributed by atoms with E-state index in [0.717, 1.165) is 37.9 Å². The minimum atomic E-state index is -0.273. The first-order valence-corrected chi connectivity index (χ1v) is 11.7. The molecule has 1 N–H and O–H groups in total. The summed E-state index contributed by atoms with van der Waals surface area (Å²) >= 11 is 0. The number of hydrogen-bond donors (Lipinski definition) is 1. The Bertz CT molecular complexity index is 987. The molecule has 31 heavy (non-hydrogen) atoms. The number of nitrogens with zero attached hydrogens (tertiary/aromatic N) is 2. The molecule has 1 aromatic heterocycles. The summed E-state index contributed by atoms with van der Waals surface area (Å²) in [5, 5.41) is 3.16. The average molecular weight is 416 g/mol. The van der Waals surface area contributed by atoms with Crippen LogP contribution in [0.4, 0.5) is 0 Å². The first-order valence-electron chi connectivity index (χ1n) is 11.7. The van der Waals surface area contributed by atoms with Crippen LogP contribution in [0.15, 0.2) is 54.9 Å². The molecule has 1 aromatic carbocycles. The Labute approximate surface area is 185 Å². The van der Waals surface area contributed by atoms with Crippen LogP contribution in [0.25, 0.3) is 6.08 Å². The zero-order chi connectivity index (χ0) is 21.5. The number of benzene rings is 1. The lowest BCUT2D eigenvalue weighted by atomic mass is 9.68. The first kappa shape index (κ1) is 20.4. The quantitative estimate of drug-likeness (QED) is 0.796. The van der Waals surface area contributed by atoms with E-state index in [1.807, 2.05) is 18.3 Å². The van der Waals surface area contributed by atoms with Gasteiger partial charge in [0.15, 0.2) is 0 Å². The van der Waals surface area contributed by atoms with Crippen molar-refractivity contribution in [3.63, 3.8) is 0 Å². The molecule has 2 heterocycles. The molecular formula is C27H33N3O. The molecule has 1 amide bonds. The molecule has 1 saturated heterocycles. The molecule has 1 aliphatic heterocycles. The molecule has 1 saturated carbocycles. The molecule has 4 unspecified atom stereocenters. The number of hydrogen-bond acceptors (Lipinski definition) is 3. The van der Waals surface area contributed by atoms with E-state index in [-0.39, 0.29) is 16.7 Å². The molecule has 1 spiro atoms. The number of carbonyl (C=O) groups excluding carboxylic acids is 1. The van der Waals surface area contributed by atoms with Crippen molar-refractivity contribution >= 4 is 12.0 Å². The normalized spacial score (nSPS) is 32.3. The summed E-state index contributed by atoms with van der Waals surface area (Å²) in [7, 11) is 0. The van der Waals surface area contributed by atoms with Gasteiger partial charge in [0.25, 0.3) is 0 Å². The van der Waals surface area contributed by atoms with Crippen LogP contribution in [0.5, 0.6) is 0 Å². The van der Waals surface area contributed by atoms with Gasteiger partial charge in [0.2, 0.25) is 5.91 Å². The zero-order valence-corrected chi connectivity index (χ0v) is 18.7. The van der Waals surface area contributed by atoms with Gasteiger partial charge in [-0.3, -0.25) is 14.7 Å². The Morgan fingerprint density at radius 3 is 2.90 bits per heavy atom. The van der Waals surface area contributed by atoms with Crippen molar-refractivity contribution in [2.45, 2.75) is 57.5 Å². The van der Waals surface area contributed by atoms with E-state index in [0.29, 0.717) is 18.5 Å². The number of likely N-dealkylation sites (tertiary alicyclic amines) is 1. The van der Waals surface area contributed by atoms with Crippen LogP contribution in [0.3, 0.4) is 0 Å². The minimum absolute atomic E-state index is 0.188.